The molecule has 1 aliphatic rings. The second-order valence-corrected chi connectivity index (χ2v) is 4.76. The molecule has 90 valence electrons. The Hall–Kier alpha value is -2.20. The van der Waals surface area contributed by atoms with Crippen molar-refractivity contribution in [1.82, 2.24) is 0 Å². The maximum atomic E-state index is 5.67. The lowest BCUT2D eigenvalue weighted by atomic mass is 9.82. The van der Waals surface area contributed by atoms with Crippen molar-refractivity contribution in [3.05, 3.63) is 72.0 Å². The summed E-state index contributed by atoms with van der Waals surface area (Å²) >= 11 is 0. The highest BCUT2D eigenvalue weighted by molar-refractivity contribution is 5.43. The molecular formula is C17H17N. The minimum absolute atomic E-state index is 0.116. The highest BCUT2D eigenvalue weighted by Crippen LogP contribution is 2.29. The molecule has 0 aromatic heterocycles. The molecule has 0 spiro atoms. The summed E-state index contributed by atoms with van der Waals surface area (Å²) in [5.41, 5.74) is 8.22. The fourth-order valence-electron chi connectivity index (χ4n) is 1.80. The summed E-state index contributed by atoms with van der Waals surface area (Å²) in [4.78, 5) is 0. The first-order chi connectivity index (χ1) is 8.59. The first-order valence-electron chi connectivity index (χ1n) is 6.01. The molecular weight excluding hydrogens is 218 g/mol. The molecule has 1 nitrogen and oxygen atoms in total. The van der Waals surface area contributed by atoms with E-state index in [0.29, 0.717) is 5.70 Å². The third-order valence-corrected chi connectivity index (χ3v) is 3.01. The molecule has 1 aliphatic carbocycles. The number of nitrogens with two attached hydrogens (primary N) is 1. The van der Waals surface area contributed by atoms with Crippen molar-refractivity contribution < 1.29 is 0 Å². The summed E-state index contributed by atoms with van der Waals surface area (Å²) in [6.07, 6.45) is 7.08. The maximum absolute atomic E-state index is 5.67. The van der Waals surface area contributed by atoms with Gasteiger partial charge in [-0.15, -0.1) is 0 Å². The van der Waals surface area contributed by atoms with Crippen LogP contribution in [0.25, 0.3) is 0 Å². The van der Waals surface area contributed by atoms with Gasteiger partial charge in [-0.1, -0.05) is 54.8 Å². The molecule has 0 radical (unpaired) electrons. The van der Waals surface area contributed by atoms with Crippen LogP contribution in [0.2, 0.25) is 0 Å². The van der Waals surface area contributed by atoms with E-state index in [1.54, 1.807) is 0 Å². The Bertz CT molecular complexity index is 567. The number of benzene rings is 1. The first kappa shape index (κ1) is 12.3. The fraction of sp³-hybridized carbons (Fsp3) is 0.176. The molecule has 1 unspecified atom stereocenters. The van der Waals surface area contributed by atoms with E-state index >= 15 is 0 Å². The first-order valence-corrected chi connectivity index (χ1v) is 6.01. The van der Waals surface area contributed by atoms with Gasteiger partial charge >= 0.3 is 0 Å². The van der Waals surface area contributed by atoms with Crippen LogP contribution in [-0.4, -0.2) is 0 Å². The largest absolute Gasteiger partial charge is 0.399 e. The summed E-state index contributed by atoms with van der Waals surface area (Å²) in [7, 11) is 0. The van der Waals surface area contributed by atoms with Gasteiger partial charge in [-0.2, -0.15) is 0 Å². The Morgan fingerprint density at radius 3 is 2.61 bits per heavy atom. The maximum Gasteiger partial charge on any atom is 0.0507 e. The predicted octanol–water partition coefficient (Wildman–Crippen LogP) is 3.40. The van der Waals surface area contributed by atoms with Crippen LogP contribution in [0.1, 0.15) is 18.9 Å². The van der Waals surface area contributed by atoms with Gasteiger partial charge in [0.25, 0.3) is 0 Å². The molecule has 0 aliphatic heterocycles. The number of hydrogen-bond donors (Lipinski definition) is 1. The normalized spacial score (nSPS) is 21.7. The monoisotopic (exact) mass is 235 g/mol. The van der Waals surface area contributed by atoms with Crippen molar-refractivity contribution in [2.75, 3.05) is 0 Å². The van der Waals surface area contributed by atoms with Crippen LogP contribution in [0, 0.1) is 17.3 Å². The molecule has 0 saturated heterocycles. The van der Waals surface area contributed by atoms with Gasteiger partial charge in [0.2, 0.25) is 0 Å². The van der Waals surface area contributed by atoms with Crippen LogP contribution in [0.5, 0.6) is 0 Å². The minimum atomic E-state index is -0.116. The van der Waals surface area contributed by atoms with Crippen molar-refractivity contribution in [2.24, 2.45) is 11.1 Å². The van der Waals surface area contributed by atoms with Crippen LogP contribution < -0.4 is 5.73 Å². The Morgan fingerprint density at radius 1 is 1.33 bits per heavy atom. The highest BCUT2D eigenvalue weighted by Gasteiger charge is 2.19. The molecule has 1 heteroatoms. The number of hydrogen-bond acceptors (Lipinski definition) is 1. The Labute approximate surface area is 109 Å². The average molecular weight is 235 g/mol. The van der Waals surface area contributed by atoms with Gasteiger partial charge in [0, 0.05) is 11.3 Å². The lowest BCUT2D eigenvalue weighted by Crippen LogP contribution is -2.13. The Balaban J connectivity index is 2.15. The second-order valence-electron chi connectivity index (χ2n) is 4.76. The molecule has 0 amide bonds. The summed E-state index contributed by atoms with van der Waals surface area (Å²) in [5.74, 6) is 6.54. The van der Waals surface area contributed by atoms with Gasteiger partial charge in [0.15, 0.2) is 0 Å². The van der Waals surface area contributed by atoms with E-state index in [1.165, 1.54) is 0 Å². The summed E-state index contributed by atoms with van der Waals surface area (Å²) in [6, 6.07) is 10.0. The van der Waals surface area contributed by atoms with Crippen LogP contribution in [0.3, 0.4) is 0 Å². The molecule has 1 atom stereocenters. The molecule has 18 heavy (non-hydrogen) atoms. The Kier molecular flexibility index (Phi) is 3.39. The molecule has 0 fully saturated rings. The van der Waals surface area contributed by atoms with Crippen molar-refractivity contribution >= 4 is 0 Å². The minimum Gasteiger partial charge on any atom is -0.399 e. The van der Waals surface area contributed by atoms with Gasteiger partial charge in [0.05, 0.1) is 5.41 Å². The molecule has 0 heterocycles. The molecule has 2 rings (SSSR count). The lowest BCUT2D eigenvalue weighted by molar-refractivity contribution is 0.579. The van der Waals surface area contributed by atoms with Crippen molar-refractivity contribution in [3.63, 3.8) is 0 Å². The summed E-state index contributed by atoms with van der Waals surface area (Å²) in [5, 5.41) is 0. The van der Waals surface area contributed by atoms with E-state index < -0.39 is 0 Å². The van der Waals surface area contributed by atoms with Gasteiger partial charge in [-0.3, -0.25) is 0 Å². The van der Waals surface area contributed by atoms with E-state index in [4.69, 9.17) is 5.73 Å². The van der Waals surface area contributed by atoms with Crippen LogP contribution in [0.15, 0.2) is 66.4 Å². The standard InChI is InChI=1S/C17H17N/c1-14(18)16-9-12-17(2,13-10-16)11-8-15-6-4-3-5-7-15/h3-7,9-10,12H,1,13,18H2,2H3. The van der Waals surface area contributed by atoms with Crippen molar-refractivity contribution in [3.8, 4) is 11.8 Å². The van der Waals surface area contributed by atoms with E-state index in [0.717, 1.165) is 17.6 Å². The third kappa shape index (κ3) is 2.93. The van der Waals surface area contributed by atoms with E-state index in [-0.39, 0.29) is 5.41 Å². The SMILES string of the molecule is C=C(N)C1=CCC(C)(C#Cc2ccccc2)C=C1. The van der Waals surface area contributed by atoms with E-state index in [2.05, 4.69) is 37.5 Å². The Morgan fingerprint density at radius 2 is 2.06 bits per heavy atom. The zero-order chi connectivity index (χ0) is 13.0. The van der Waals surface area contributed by atoms with Crippen molar-refractivity contribution in [2.45, 2.75) is 13.3 Å². The molecule has 0 bridgehead atoms. The quantitative estimate of drug-likeness (QED) is 0.742. The molecule has 0 saturated carbocycles. The zero-order valence-corrected chi connectivity index (χ0v) is 10.6. The van der Waals surface area contributed by atoms with E-state index in [9.17, 15) is 0 Å². The topological polar surface area (TPSA) is 26.0 Å². The smallest absolute Gasteiger partial charge is 0.0507 e. The van der Waals surface area contributed by atoms with E-state index in [1.807, 2.05) is 36.4 Å². The molecule has 1 aromatic rings. The third-order valence-electron chi connectivity index (χ3n) is 3.01. The number of rotatable bonds is 1. The lowest BCUT2D eigenvalue weighted by Gasteiger charge is -2.21. The average Bonchev–Trinajstić information content (AvgIpc) is 2.38. The van der Waals surface area contributed by atoms with Gasteiger partial charge in [-0.05, 0) is 31.1 Å². The number of allylic oxidation sites excluding steroid dienone is 3. The second kappa shape index (κ2) is 4.98. The highest BCUT2D eigenvalue weighted by atomic mass is 14.6. The van der Waals surface area contributed by atoms with Crippen LogP contribution >= 0.6 is 0 Å². The van der Waals surface area contributed by atoms with Gasteiger partial charge in [-0.25, -0.2) is 0 Å². The molecule has 1 aromatic carbocycles. The van der Waals surface area contributed by atoms with Gasteiger partial charge < -0.3 is 5.73 Å². The fourth-order valence-corrected chi connectivity index (χ4v) is 1.80. The summed E-state index contributed by atoms with van der Waals surface area (Å²) in [6.45, 7) is 5.87. The molecule has 2 N–H and O–H groups in total. The van der Waals surface area contributed by atoms with Crippen LogP contribution in [0.4, 0.5) is 0 Å². The zero-order valence-electron chi connectivity index (χ0n) is 10.6. The summed E-state index contributed by atoms with van der Waals surface area (Å²) < 4.78 is 0. The van der Waals surface area contributed by atoms with Gasteiger partial charge in [0.1, 0.15) is 0 Å². The van der Waals surface area contributed by atoms with Crippen molar-refractivity contribution in [1.29, 1.82) is 0 Å². The van der Waals surface area contributed by atoms with Crippen LogP contribution in [-0.2, 0) is 0 Å². The predicted molar refractivity (Wildman–Crippen MR) is 76.6 cm³/mol.